The summed E-state index contributed by atoms with van der Waals surface area (Å²) in [5.74, 6) is 1.94. The Hall–Kier alpha value is -2.19. The van der Waals surface area contributed by atoms with Crippen molar-refractivity contribution in [2.24, 2.45) is 0 Å². The number of fused-ring (bicyclic) bond motifs is 1. The molecule has 3 aromatic heterocycles. The lowest BCUT2D eigenvalue weighted by Gasteiger charge is -2.23. The van der Waals surface area contributed by atoms with Crippen LogP contribution in [0.2, 0.25) is 0 Å². The van der Waals surface area contributed by atoms with E-state index in [0.29, 0.717) is 12.6 Å². The van der Waals surface area contributed by atoms with E-state index in [1.54, 1.807) is 12.4 Å². The monoisotopic (exact) mass is 418 g/mol. The summed E-state index contributed by atoms with van der Waals surface area (Å²) < 4.78 is 2.74. The number of aromatic nitrogens is 4. The first kappa shape index (κ1) is 18.6. The minimum absolute atomic E-state index is 0.521. The van der Waals surface area contributed by atoms with Crippen LogP contribution < -0.4 is 10.2 Å². The summed E-state index contributed by atoms with van der Waals surface area (Å²) in [5.41, 5.74) is 1.96. The van der Waals surface area contributed by atoms with Gasteiger partial charge in [-0.2, -0.15) is 9.61 Å². The summed E-state index contributed by atoms with van der Waals surface area (Å²) in [4.78, 5) is 11.3. The van der Waals surface area contributed by atoms with Gasteiger partial charge < -0.3 is 15.3 Å². The number of anilines is 2. The molecule has 0 saturated carbocycles. The molecule has 2 N–H and O–H groups in total. The van der Waals surface area contributed by atoms with Crippen LogP contribution in [0.25, 0.3) is 5.65 Å². The molecule has 1 aliphatic rings. The largest absolute Gasteiger partial charge is 0.400 e. The first-order chi connectivity index (χ1) is 12.7. The Kier molecular flexibility index (Phi) is 6.05. The normalized spacial score (nSPS) is 16.5. The van der Waals surface area contributed by atoms with Gasteiger partial charge in [-0.25, -0.2) is 4.98 Å². The highest BCUT2D eigenvalue weighted by molar-refractivity contribution is 9.10. The van der Waals surface area contributed by atoms with Crippen LogP contribution in [0.1, 0.15) is 25.3 Å². The number of nitrogens with one attached hydrogen (secondary N) is 1. The van der Waals surface area contributed by atoms with Crippen molar-refractivity contribution in [2.75, 3.05) is 23.9 Å². The minimum atomic E-state index is 0.521. The lowest BCUT2D eigenvalue weighted by Crippen LogP contribution is -2.27. The fourth-order valence-corrected chi connectivity index (χ4v) is 3.51. The van der Waals surface area contributed by atoms with Gasteiger partial charge in [0.25, 0.3) is 0 Å². The van der Waals surface area contributed by atoms with Gasteiger partial charge in [-0.3, -0.25) is 4.98 Å². The van der Waals surface area contributed by atoms with E-state index in [-0.39, 0.29) is 0 Å². The zero-order valence-corrected chi connectivity index (χ0v) is 16.5. The van der Waals surface area contributed by atoms with E-state index in [1.807, 2.05) is 16.8 Å². The van der Waals surface area contributed by atoms with Crippen molar-refractivity contribution in [1.29, 1.82) is 0 Å². The van der Waals surface area contributed by atoms with Gasteiger partial charge in [0.15, 0.2) is 5.65 Å². The van der Waals surface area contributed by atoms with E-state index in [4.69, 9.17) is 10.1 Å². The van der Waals surface area contributed by atoms with Crippen LogP contribution in [-0.4, -0.2) is 44.4 Å². The molecule has 0 bridgehead atoms. The summed E-state index contributed by atoms with van der Waals surface area (Å²) in [6.07, 6.45) is 7.87. The van der Waals surface area contributed by atoms with Gasteiger partial charge in [0.2, 0.25) is 0 Å². The third-order valence-corrected chi connectivity index (χ3v) is 5.02. The van der Waals surface area contributed by atoms with Crippen LogP contribution in [-0.2, 0) is 6.54 Å². The number of aliphatic hydroxyl groups excluding tert-OH is 1. The van der Waals surface area contributed by atoms with Crippen molar-refractivity contribution in [1.82, 2.24) is 19.6 Å². The van der Waals surface area contributed by atoms with Gasteiger partial charge in [-0.1, -0.05) is 6.07 Å². The molecule has 1 saturated heterocycles. The van der Waals surface area contributed by atoms with Crippen molar-refractivity contribution in [2.45, 2.75) is 32.4 Å². The maximum atomic E-state index is 7.00. The van der Waals surface area contributed by atoms with E-state index >= 15 is 0 Å². The second kappa shape index (κ2) is 8.46. The topological polar surface area (TPSA) is 78.6 Å². The van der Waals surface area contributed by atoms with Crippen LogP contribution in [0, 0.1) is 0 Å². The summed E-state index contributed by atoms with van der Waals surface area (Å²) in [7, 11) is 1.00. The van der Waals surface area contributed by atoms with Crippen LogP contribution >= 0.6 is 15.9 Å². The number of pyridine rings is 1. The van der Waals surface area contributed by atoms with E-state index in [2.05, 4.69) is 55.3 Å². The molecule has 3 aromatic rings. The lowest BCUT2D eigenvalue weighted by molar-refractivity contribution is 0.399. The molecule has 4 heterocycles. The quantitative estimate of drug-likeness (QED) is 0.677. The zero-order valence-electron chi connectivity index (χ0n) is 14.9. The first-order valence-corrected chi connectivity index (χ1v) is 9.40. The first-order valence-electron chi connectivity index (χ1n) is 8.61. The summed E-state index contributed by atoms with van der Waals surface area (Å²) in [6, 6.07) is 6.61. The molecular formula is C18H23BrN6O. The molecule has 8 heteroatoms. The fraction of sp³-hybridized carbons (Fsp3) is 0.389. The second-order valence-corrected chi connectivity index (χ2v) is 6.98. The fourth-order valence-electron chi connectivity index (χ4n) is 3.17. The molecule has 26 heavy (non-hydrogen) atoms. The highest BCUT2D eigenvalue weighted by Gasteiger charge is 2.23. The predicted octanol–water partition coefficient (Wildman–Crippen LogP) is 3.10. The van der Waals surface area contributed by atoms with Gasteiger partial charge in [-0.15, -0.1) is 0 Å². The number of halogens is 1. The van der Waals surface area contributed by atoms with E-state index in [9.17, 15) is 0 Å². The molecule has 1 aliphatic heterocycles. The second-order valence-electron chi connectivity index (χ2n) is 6.13. The minimum Gasteiger partial charge on any atom is -0.400 e. The molecule has 0 spiro atoms. The van der Waals surface area contributed by atoms with Crippen molar-refractivity contribution in [3.05, 3.63) is 46.8 Å². The zero-order chi connectivity index (χ0) is 18.5. The molecular weight excluding hydrogens is 396 g/mol. The average molecular weight is 419 g/mol. The van der Waals surface area contributed by atoms with E-state index < -0.39 is 0 Å². The SMILES string of the molecule is CO.C[C@@H]1CCCN1c1cc(NCc2cccnc2)n2ncc(Br)c2n1. The molecule has 0 radical (unpaired) electrons. The van der Waals surface area contributed by atoms with Gasteiger partial charge in [-0.05, 0) is 47.3 Å². The van der Waals surface area contributed by atoms with Crippen molar-refractivity contribution < 1.29 is 5.11 Å². The van der Waals surface area contributed by atoms with Crippen molar-refractivity contribution in [3.63, 3.8) is 0 Å². The standard InChI is InChI=1S/C17H19BrN6.CH4O/c1-12-4-3-7-23(12)16-8-15(20-10-13-5-2-6-19-9-13)24-17(22-16)14(18)11-21-24;1-2/h2,5-6,8-9,11-12,20H,3-4,7,10H2,1H3;2H,1H3/t12-;/m1./s1. The van der Waals surface area contributed by atoms with Crippen LogP contribution in [0.5, 0.6) is 0 Å². The molecule has 0 aromatic carbocycles. The Morgan fingerprint density at radius 2 is 2.19 bits per heavy atom. The Labute approximate surface area is 161 Å². The third-order valence-electron chi connectivity index (χ3n) is 4.46. The molecule has 138 valence electrons. The highest BCUT2D eigenvalue weighted by atomic mass is 79.9. The third kappa shape index (κ3) is 3.81. The van der Waals surface area contributed by atoms with Crippen LogP contribution in [0.3, 0.4) is 0 Å². The number of nitrogens with zero attached hydrogens (tertiary/aromatic N) is 5. The Morgan fingerprint density at radius 1 is 1.35 bits per heavy atom. The number of aliphatic hydroxyl groups is 1. The number of hydrogen-bond donors (Lipinski definition) is 2. The molecule has 0 unspecified atom stereocenters. The van der Waals surface area contributed by atoms with E-state index in [0.717, 1.165) is 41.0 Å². The van der Waals surface area contributed by atoms with Crippen molar-refractivity contribution in [3.8, 4) is 0 Å². The van der Waals surface area contributed by atoms with Crippen LogP contribution in [0.4, 0.5) is 11.6 Å². The number of hydrogen-bond acceptors (Lipinski definition) is 6. The maximum Gasteiger partial charge on any atom is 0.173 e. The molecule has 0 aliphatic carbocycles. The summed E-state index contributed by atoms with van der Waals surface area (Å²) in [6.45, 7) is 4.00. The van der Waals surface area contributed by atoms with Gasteiger partial charge in [0.1, 0.15) is 11.6 Å². The average Bonchev–Trinajstić information content (AvgIpc) is 3.28. The van der Waals surface area contributed by atoms with Gasteiger partial charge in [0.05, 0.1) is 10.7 Å². The summed E-state index contributed by atoms with van der Waals surface area (Å²) in [5, 5.41) is 14.9. The molecule has 7 nitrogen and oxygen atoms in total. The molecule has 1 atom stereocenters. The lowest BCUT2D eigenvalue weighted by atomic mass is 10.2. The van der Waals surface area contributed by atoms with Crippen LogP contribution in [0.15, 0.2) is 41.3 Å². The molecule has 4 rings (SSSR count). The smallest absolute Gasteiger partial charge is 0.173 e. The Balaban J connectivity index is 0.000000948. The van der Waals surface area contributed by atoms with Gasteiger partial charge >= 0.3 is 0 Å². The molecule has 1 fully saturated rings. The Morgan fingerprint density at radius 3 is 2.88 bits per heavy atom. The van der Waals surface area contributed by atoms with Crippen molar-refractivity contribution >= 4 is 33.2 Å². The maximum absolute atomic E-state index is 7.00. The highest BCUT2D eigenvalue weighted by Crippen LogP contribution is 2.29. The van der Waals surface area contributed by atoms with E-state index in [1.165, 1.54) is 12.8 Å². The summed E-state index contributed by atoms with van der Waals surface area (Å²) >= 11 is 3.55. The predicted molar refractivity (Wildman–Crippen MR) is 106 cm³/mol. The Bertz CT molecular complexity index is 854. The molecule has 0 amide bonds. The van der Waals surface area contributed by atoms with Gasteiger partial charge in [0, 0.05) is 44.7 Å². The number of rotatable bonds is 4.